The number of hydrogen-bond donors (Lipinski definition) is 1. The maximum atomic E-state index is 12.1. The van der Waals surface area contributed by atoms with Crippen molar-refractivity contribution in [3.05, 3.63) is 70.6 Å². The van der Waals surface area contributed by atoms with Crippen LogP contribution in [0.4, 0.5) is 5.13 Å². The van der Waals surface area contributed by atoms with E-state index in [0.717, 1.165) is 22.6 Å². The van der Waals surface area contributed by atoms with Gasteiger partial charge in [-0.15, -0.1) is 11.3 Å². The predicted octanol–water partition coefficient (Wildman–Crippen LogP) is 5.51. The Morgan fingerprint density at radius 2 is 2.00 bits per heavy atom. The van der Waals surface area contributed by atoms with Crippen LogP contribution in [0.1, 0.15) is 12.5 Å². The molecule has 1 heterocycles. The SMILES string of the molecule is CCOc1ccc(-c2csc(NC(=O)C=Cc3ccccc3Cl)n2)cc1. The van der Waals surface area contributed by atoms with Gasteiger partial charge in [0, 0.05) is 22.0 Å². The molecule has 1 aromatic heterocycles. The molecule has 3 aromatic rings. The van der Waals surface area contributed by atoms with Gasteiger partial charge in [-0.25, -0.2) is 4.98 Å². The van der Waals surface area contributed by atoms with E-state index in [1.54, 1.807) is 12.1 Å². The Labute approximate surface area is 161 Å². The van der Waals surface area contributed by atoms with Crippen LogP contribution < -0.4 is 10.1 Å². The Bertz CT molecular complexity index is 920. The summed E-state index contributed by atoms with van der Waals surface area (Å²) in [6.07, 6.45) is 3.12. The zero-order chi connectivity index (χ0) is 18.4. The standard InChI is InChI=1S/C20H17ClN2O2S/c1-2-25-16-10-7-15(8-11-16)18-13-26-20(22-18)23-19(24)12-9-14-5-3-4-6-17(14)21/h3-13H,2H2,1H3,(H,22,23,24). The van der Waals surface area contributed by atoms with Crippen LogP contribution in [0.3, 0.4) is 0 Å². The molecule has 132 valence electrons. The van der Waals surface area contributed by atoms with Crippen LogP contribution >= 0.6 is 22.9 Å². The van der Waals surface area contributed by atoms with Crippen LogP contribution in [0.15, 0.2) is 60.0 Å². The summed E-state index contributed by atoms with van der Waals surface area (Å²) >= 11 is 7.45. The Morgan fingerprint density at radius 1 is 1.23 bits per heavy atom. The van der Waals surface area contributed by atoms with Crippen molar-refractivity contribution in [2.45, 2.75) is 6.92 Å². The zero-order valence-electron chi connectivity index (χ0n) is 14.1. The van der Waals surface area contributed by atoms with Gasteiger partial charge in [-0.3, -0.25) is 10.1 Å². The summed E-state index contributed by atoms with van der Waals surface area (Å²) in [4.78, 5) is 16.5. The van der Waals surface area contributed by atoms with Crippen LogP contribution in [-0.4, -0.2) is 17.5 Å². The van der Waals surface area contributed by atoms with Gasteiger partial charge in [-0.1, -0.05) is 29.8 Å². The summed E-state index contributed by atoms with van der Waals surface area (Å²) < 4.78 is 5.43. The summed E-state index contributed by atoms with van der Waals surface area (Å²) in [5.74, 6) is 0.572. The van der Waals surface area contributed by atoms with E-state index in [0.29, 0.717) is 16.8 Å². The van der Waals surface area contributed by atoms with Crippen molar-refractivity contribution < 1.29 is 9.53 Å². The zero-order valence-corrected chi connectivity index (χ0v) is 15.7. The van der Waals surface area contributed by atoms with E-state index in [-0.39, 0.29) is 5.91 Å². The Morgan fingerprint density at radius 3 is 2.73 bits per heavy atom. The number of benzene rings is 2. The van der Waals surface area contributed by atoms with Crippen LogP contribution in [0.2, 0.25) is 5.02 Å². The first kappa shape index (κ1) is 18.2. The average Bonchev–Trinajstić information content (AvgIpc) is 3.10. The maximum Gasteiger partial charge on any atom is 0.250 e. The number of rotatable bonds is 6. The van der Waals surface area contributed by atoms with Crippen LogP contribution in [-0.2, 0) is 4.79 Å². The van der Waals surface area contributed by atoms with Crippen LogP contribution in [0, 0.1) is 0 Å². The lowest BCUT2D eigenvalue weighted by Gasteiger charge is -2.03. The van der Waals surface area contributed by atoms with E-state index in [2.05, 4.69) is 10.3 Å². The quantitative estimate of drug-likeness (QED) is 0.570. The van der Waals surface area contributed by atoms with Gasteiger partial charge >= 0.3 is 0 Å². The van der Waals surface area contributed by atoms with Crippen LogP contribution in [0.5, 0.6) is 5.75 Å². The number of carbonyl (C=O) groups is 1. The number of ether oxygens (including phenoxy) is 1. The number of carbonyl (C=O) groups excluding carboxylic acids is 1. The molecule has 0 aliphatic heterocycles. The minimum Gasteiger partial charge on any atom is -0.494 e. The van der Waals surface area contributed by atoms with E-state index in [1.165, 1.54) is 17.4 Å². The molecule has 2 aromatic carbocycles. The molecule has 4 nitrogen and oxygen atoms in total. The summed E-state index contributed by atoms with van der Waals surface area (Å²) in [5.41, 5.74) is 2.57. The highest BCUT2D eigenvalue weighted by molar-refractivity contribution is 7.14. The number of thiazole rings is 1. The third-order valence-electron chi connectivity index (χ3n) is 3.51. The van der Waals surface area contributed by atoms with E-state index in [9.17, 15) is 4.79 Å². The fourth-order valence-corrected chi connectivity index (χ4v) is 3.20. The van der Waals surface area contributed by atoms with Crippen LogP contribution in [0.25, 0.3) is 17.3 Å². The van der Waals surface area contributed by atoms with E-state index < -0.39 is 0 Å². The molecule has 26 heavy (non-hydrogen) atoms. The molecule has 0 unspecified atom stereocenters. The van der Waals surface area contributed by atoms with Crippen molar-refractivity contribution in [2.24, 2.45) is 0 Å². The Kier molecular flexibility index (Phi) is 6.04. The average molecular weight is 385 g/mol. The fourth-order valence-electron chi connectivity index (χ4n) is 2.28. The summed E-state index contributed by atoms with van der Waals surface area (Å²) in [6.45, 7) is 2.58. The van der Waals surface area contributed by atoms with Gasteiger partial charge in [0.15, 0.2) is 5.13 Å². The minimum absolute atomic E-state index is 0.252. The molecule has 0 radical (unpaired) electrons. The van der Waals surface area contributed by atoms with Gasteiger partial charge in [0.1, 0.15) is 5.75 Å². The van der Waals surface area contributed by atoms with Gasteiger partial charge in [0.05, 0.1) is 12.3 Å². The molecule has 0 atom stereocenters. The highest BCUT2D eigenvalue weighted by atomic mass is 35.5. The molecule has 0 aliphatic rings. The summed E-state index contributed by atoms with van der Waals surface area (Å²) in [5, 5.41) is 5.82. The molecular weight excluding hydrogens is 368 g/mol. The van der Waals surface area contributed by atoms with E-state index in [1.807, 2.05) is 54.8 Å². The second-order valence-corrected chi connectivity index (χ2v) is 6.60. The number of nitrogens with one attached hydrogen (secondary N) is 1. The lowest BCUT2D eigenvalue weighted by Crippen LogP contribution is -2.07. The smallest absolute Gasteiger partial charge is 0.250 e. The normalized spacial score (nSPS) is 10.8. The first-order chi connectivity index (χ1) is 12.7. The van der Waals surface area contributed by atoms with Crippen molar-refractivity contribution in [3.8, 4) is 17.0 Å². The van der Waals surface area contributed by atoms with Gasteiger partial charge in [-0.05, 0) is 48.9 Å². The number of halogens is 1. The first-order valence-electron chi connectivity index (χ1n) is 8.08. The van der Waals surface area contributed by atoms with Crippen molar-refractivity contribution in [1.29, 1.82) is 0 Å². The molecule has 0 spiro atoms. The maximum absolute atomic E-state index is 12.1. The third kappa shape index (κ3) is 4.71. The second kappa shape index (κ2) is 8.65. The van der Waals surface area contributed by atoms with Gasteiger partial charge in [0.25, 0.3) is 0 Å². The van der Waals surface area contributed by atoms with Gasteiger partial charge < -0.3 is 4.74 Å². The third-order valence-corrected chi connectivity index (χ3v) is 4.62. The summed E-state index contributed by atoms with van der Waals surface area (Å²) in [6, 6.07) is 15.0. The lowest BCUT2D eigenvalue weighted by molar-refractivity contribution is -0.111. The molecule has 0 saturated carbocycles. The monoisotopic (exact) mass is 384 g/mol. The van der Waals surface area contributed by atoms with E-state index in [4.69, 9.17) is 16.3 Å². The molecule has 6 heteroatoms. The highest BCUT2D eigenvalue weighted by Crippen LogP contribution is 2.26. The molecule has 0 bridgehead atoms. The van der Waals surface area contributed by atoms with Crippen molar-refractivity contribution in [1.82, 2.24) is 4.98 Å². The second-order valence-electron chi connectivity index (χ2n) is 5.34. The van der Waals surface area contributed by atoms with E-state index >= 15 is 0 Å². The van der Waals surface area contributed by atoms with Gasteiger partial charge in [-0.2, -0.15) is 0 Å². The molecule has 0 saturated heterocycles. The summed E-state index contributed by atoms with van der Waals surface area (Å²) in [7, 11) is 0. The topological polar surface area (TPSA) is 51.2 Å². The minimum atomic E-state index is -0.252. The molecular formula is C20H17ClN2O2S. The van der Waals surface area contributed by atoms with Crippen molar-refractivity contribution >= 4 is 40.1 Å². The fraction of sp³-hybridized carbons (Fsp3) is 0.100. The van der Waals surface area contributed by atoms with Crippen molar-refractivity contribution in [2.75, 3.05) is 11.9 Å². The molecule has 0 aliphatic carbocycles. The first-order valence-corrected chi connectivity index (χ1v) is 9.34. The number of hydrogen-bond acceptors (Lipinski definition) is 4. The molecule has 3 rings (SSSR count). The Balaban J connectivity index is 1.64. The number of amides is 1. The largest absolute Gasteiger partial charge is 0.494 e. The van der Waals surface area contributed by atoms with Crippen molar-refractivity contribution in [3.63, 3.8) is 0 Å². The predicted molar refractivity (Wildman–Crippen MR) is 108 cm³/mol. The van der Waals surface area contributed by atoms with Gasteiger partial charge in [0.2, 0.25) is 5.91 Å². The number of anilines is 1. The Hall–Kier alpha value is -2.63. The number of aromatic nitrogens is 1. The lowest BCUT2D eigenvalue weighted by atomic mass is 10.2. The highest BCUT2D eigenvalue weighted by Gasteiger charge is 2.07. The molecule has 1 amide bonds. The number of nitrogens with zero attached hydrogens (tertiary/aromatic N) is 1. The molecule has 1 N–H and O–H groups in total. The molecule has 0 fully saturated rings.